The normalized spacial score (nSPS) is 21.2. The van der Waals surface area contributed by atoms with Crippen LogP contribution in [-0.2, 0) is 14.8 Å². The maximum Gasteiger partial charge on any atom is 0.426 e. The van der Waals surface area contributed by atoms with Gasteiger partial charge in [-0.25, -0.2) is 8.42 Å². The maximum absolute atomic E-state index is 12.7. The van der Waals surface area contributed by atoms with Gasteiger partial charge in [0.25, 0.3) is 5.91 Å². The number of alkyl halides is 3. The lowest BCUT2D eigenvalue weighted by molar-refractivity contribution is -0.242. The zero-order chi connectivity index (χ0) is 21.3. The van der Waals surface area contributed by atoms with Gasteiger partial charge in [0.05, 0.1) is 15.6 Å². The average molecular weight is 445 g/mol. The number of nitrogens with one attached hydrogen (secondary N) is 1. The maximum atomic E-state index is 12.7. The fourth-order valence-corrected chi connectivity index (χ4v) is 4.55. The summed E-state index contributed by atoms with van der Waals surface area (Å²) in [5.41, 5.74) is -3.92. The van der Waals surface area contributed by atoms with Gasteiger partial charge in [-0.2, -0.15) is 17.5 Å². The Balaban J connectivity index is 2.23. The van der Waals surface area contributed by atoms with Gasteiger partial charge < -0.3 is 15.5 Å². The monoisotopic (exact) mass is 444 g/mol. The second kappa shape index (κ2) is 8.15. The minimum atomic E-state index is -5.20. The van der Waals surface area contributed by atoms with Crippen molar-refractivity contribution in [2.24, 2.45) is 5.92 Å². The number of aliphatic hydroxyl groups is 2. The van der Waals surface area contributed by atoms with E-state index in [9.17, 15) is 36.6 Å². The van der Waals surface area contributed by atoms with Crippen LogP contribution in [0.5, 0.6) is 0 Å². The summed E-state index contributed by atoms with van der Waals surface area (Å²) >= 11 is 5.94. The first kappa shape index (κ1) is 22.9. The number of amides is 1. The predicted octanol–water partition coefficient (Wildman–Crippen LogP) is 1.98. The number of piperidine rings is 1. The number of aliphatic hydroxyl groups excluding tert-OH is 1. The van der Waals surface area contributed by atoms with E-state index in [4.69, 9.17) is 11.6 Å². The van der Waals surface area contributed by atoms with Crippen LogP contribution in [0.2, 0.25) is 5.02 Å². The Hall–Kier alpha value is -1.40. The van der Waals surface area contributed by atoms with E-state index < -0.39 is 27.7 Å². The largest absolute Gasteiger partial charge is 0.426 e. The summed E-state index contributed by atoms with van der Waals surface area (Å²) in [6.07, 6.45) is -3.92. The molecule has 1 heterocycles. The Bertz CT molecular complexity index is 845. The van der Waals surface area contributed by atoms with E-state index in [1.807, 2.05) is 5.32 Å². The first-order valence-electron chi connectivity index (χ1n) is 8.32. The molecule has 12 heteroatoms. The van der Waals surface area contributed by atoms with Crippen LogP contribution in [0, 0.1) is 5.92 Å². The van der Waals surface area contributed by atoms with Crippen molar-refractivity contribution < 1.29 is 36.6 Å². The highest BCUT2D eigenvalue weighted by Crippen LogP contribution is 2.33. The number of anilines is 1. The molecule has 1 fully saturated rings. The summed E-state index contributed by atoms with van der Waals surface area (Å²) in [5.74, 6) is -1.93. The van der Waals surface area contributed by atoms with Gasteiger partial charge in [0.1, 0.15) is 0 Å². The van der Waals surface area contributed by atoms with E-state index in [1.165, 1.54) is 4.31 Å². The number of sulfonamides is 1. The molecule has 1 aliphatic rings. The van der Waals surface area contributed by atoms with Crippen LogP contribution in [-0.4, -0.2) is 60.3 Å². The first-order valence-corrected chi connectivity index (χ1v) is 10.1. The van der Waals surface area contributed by atoms with Crippen molar-refractivity contribution >= 4 is 33.2 Å². The fourth-order valence-electron chi connectivity index (χ4n) is 2.67. The quantitative estimate of drug-likeness (QED) is 0.644. The van der Waals surface area contributed by atoms with Crippen molar-refractivity contribution in [3.05, 3.63) is 23.2 Å². The molecule has 1 saturated heterocycles. The Labute approximate surface area is 165 Å². The lowest BCUT2D eigenvalue weighted by atomic mass is 10.0. The molecule has 2 atom stereocenters. The molecule has 0 aliphatic carbocycles. The number of nitrogens with zero attached hydrogens (tertiary/aromatic N) is 1. The minimum Gasteiger partial charge on any atom is -0.396 e. The van der Waals surface area contributed by atoms with Crippen LogP contribution >= 0.6 is 11.6 Å². The second-order valence-corrected chi connectivity index (χ2v) is 9.06. The summed E-state index contributed by atoms with van der Waals surface area (Å²) < 4.78 is 64.9. The summed E-state index contributed by atoms with van der Waals surface area (Å²) in [6, 6.07) is 3.16. The molecular weight excluding hydrogens is 425 g/mol. The molecular formula is C16H20ClF3N2O5S. The topological polar surface area (TPSA) is 107 Å². The summed E-state index contributed by atoms with van der Waals surface area (Å²) in [6.45, 7) is 0.562. The van der Waals surface area contributed by atoms with E-state index in [1.54, 1.807) is 0 Å². The SMILES string of the molecule is C[C@@](O)(C(=O)Nc1ccc(S(=O)(=O)N2CCCC(CO)C2)cc1Cl)C(F)(F)F. The average Bonchev–Trinajstić information content (AvgIpc) is 2.62. The Morgan fingerprint density at radius 1 is 1.39 bits per heavy atom. The molecule has 0 bridgehead atoms. The molecule has 158 valence electrons. The highest BCUT2D eigenvalue weighted by Gasteiger charge is 2.55. The van der Waals surface area contributed by atoms with Crippen LogP contribution in [0.25, 0.3) is 0 Å². The predicted molar refractivity (Wildman–Crippen MR) is 95.3 cm³/mol. The molecule has 7 nitrogen and oxygen atoms in total. The number of hydrogen-bond donors (Lipinski definition) is 3. The van der Waals surface area contributed by atoms with Gasteiger partial charge >= 0.3 is 6.18 Å². The van der Waals surface area contributed by atoms with E-state index in [0.29, 0.717) is 19.8 Å². The van der Waals surface area contributed by atoms with Crippen molar-refractivity contribution in [1.82, 2.24) is 4.31 Å². The molecule has 0 saturated carbocycles. The number of carbonyl (C=O) groups excluding carboxylic acids is 1. The molecule has 2 rings (SSSR count). The number of carbonyl (C=O) groups is 1. The third-order valence-corrected chi connectivity index (χ3v) is 6.73. The van der Waals surface area contributed by atoms with E-state index in [0.717, 1.165) is 18.2 Å². The van der Waals surface area contributed by atoms with Crippen molar-refractivity contribution in [2.45, 2.75) is 36.4 Å². The number of halogens is 4. The van der Waals surface area contributed by atoms with Gasteiger partial charge in [0, 0.05) is 19.7 Å². The highest BCUT2D eigenvalue weighted by atomic mass is 35.5. The number of rotatable bonds is 5. The third kappa shape index (κ3) is 4.60. The molecule has 1 amide bonds. The van der Waals surface area contributed by atoms with Gasteiger partial charge in [-0.15, -0.1) is 0 Å². The Morgan fingerprint density at radius 3 is 2.57 bits per heavy atom. The highest BCUT2D eigenvalue weighted by molar-refractivity contribution is 7.89. The fraction of sp³-hybridized carbons (Fsp3) is 0.562. The molecule has 28 heavy (non-hydrogen) atoms. The van der Waals surface area contributed by atoms with Crippen LogP contribution < -0.4 is 5.32 Å². The first-order chi connectivity index (χ1) is 12.8. The van der Waals surface area contributed by atoms with Gasteiger partial charge in [0.15, 0.2) is 0 Å². The molecule has 1 aliphatic heterocycles. The van der Waals surface area contributed by atoms with Crippen molar-refractivity contribution in [3.63, 3.8) is 0 Å². The molecule has 0 aromatic heterocycles. The number of hydrogen-bond acceptors (Lipinski definition) is 5. The molecule has 1 aromatic carbocycles. The zero-order valence-electron chi connectivity index (χ0n) is 14.8. The van der Waals surface area contributed by atoms with E-state index in [-0.39, 0.29) is 41.2 Å². The van der Waals surface area contributed by atoms with Crippen LogP contribution in [0.3, 0.4) is 0 Å². The van der Waals surface area contributed by atoms with Gasteiger partial charge in [-0.1, -0.05) is 11.6 Å². The van der Waals surface area contributed by atoms with E-state index >= 15 is 0 Å². The molecule has 0 radical (unpaired) electrons. The van der Waals surface area contributed by atoms with Crippen LogP contribution in [0.1, 0.15) is 19.8 Å². The van der Waals surface area contributed by atoms with Crippen LogP contribution in [0.15, 0.2) is 23.1 Å². The molecule has 1 aromatic rings. The smallest absolute Gasteiger partial charge is 0.396 e. The molecule has 0 spiro atoms. The summed E-state index contributed by atoms with van der Waals surface area (Å²) in [4.78, 5) is 11.5. The lowest BCUT2D eigenvalue weighted by Gasteiger charge is -2.31. The Kier molecular flexibility index (Phi) is 6.66. The molecule has 1 unspecified atom stereocenters. The summed E-state index contributed by atoms with van der Waals surface area (Å²) in [7, 11) is -3.93. The van der Waals surface area contributed by atoms with Crippen LogP contribution in [0.4, 0.5) is 18.9 Å². The van der Waals surface area contributed by atoms with Gasteiger partial charge in [-0.3, -0.25) is 4.79 Å². The van der Waals surface area contributed by atoms with Crippen molar-refractivity contribution in [1.29, 1.82) is 0 Å². The number of benzene rings is 1. The zero-order valence-corrected chi connectivity index (χ0v) is 16.4. The standard InChI is InChI=1S/C16H20ClF3N2O5S/c1-15(25,16(18,19)20)14(24)21-13-5-4-11(7-12(13)17)28(26,27)22-6-2-3-10(8-22)9-23/h4-5,7,10,23,25H,2-3,6,8-9H2,1H3,(H,21,24)/t10?,15-/m1/s1. The van der Waals surface area contributed by atoms with Crippen molar-refractivity contribution in [2.75, 3.05) is 25.0 Å². The Morgan fingerprint density at radius 2 is 2.04 bits per heavy atom. The minimum absolute atomic E-state index is 0.142. The van der Waals surface area contributed by atoms with Gasteiger partial charge in [-0.05, 0) is 43.9 Å². The second-order valence-electron chi connectivity index (χ2n) is 6.72. The van der Waals surface area contributed by atoms with E-state index in [2.05, 4.69) is 0 Å². The lowest BCUT2D eigenvalue weighted by Crippen LogP contribution is -2.52. The van der Waals surface area contributed by atoms with Crippen molar-refractivity contribution in [3.8, 4) is 0 Å². The van der Waals surface area contributed by atoms with Gasteiger partial charge in [0.2, 0.25) is 15.6 Å². The summed E-state index contributed by atoms with van der Waals surface area (Å²) in [5, 5.41) is 20.2. The third-order valence-electron chi connectivity index (χ3n) is 4.56. The molecule has 3 N–H and O–H groups in total.